The van der Waals surface area contributed by atoms with Gasteiger partial charge in [-0.05, 0) is 56.4 Å². The molecule has 1 atom stereocenters. The van der Waals surface area contributed by atoms with Gasteiger partial charge in [0.15, 0.2) is 6.10 Å². The Kier molecular flexibility index (Phi) is 6.21. The number of rotatable bonds is 4. The molecule has 7 heteroatoms. The minimum atomic E-state index is -1.18. The Morgan fingerprint density at radius 3 is 2.48 bits per heavy atom. The molecule has 4 nitrogen and oxygen atoms in total. The molecular formula is C20H21F2NO3S. The third kappa shape index (κ3) is 4.71. The van der Waals surface area contributed by atoms with Crippen LogP contribution in [0.15, 0.2) is 24.3 Å². The number of carbonyl (C=O) groups excluding carboxylic acids is 2. The molecule has 0 radical (unpaired) electrons. The number of fused-ring (bicyclic) bond motifs is 1. The van der Waals surface area contributed by atoms with E-state index in [1.54, 1.807) is 0 Å². The van der Waals surface area contributed by atoms with Gasteiger partial charge >= 0.3 is 5.97 Å². The number of anilines is 1. The summed E-state index contributed by atoms with van der Waals surface area (Å²) in [6.45, 7) is 1.37. The van der Waals surface area contributed by atoms with Crippen LogP contribution >= 0.6 is 11.3 Å². The van der Waals surface area contributed by atoms with E-state index in [2.05, 4.69) is 5.32 Å². The molecule has 144 valence electrons. The second kappa shape index (κ2) is 8.61. The van der Waals surface area contributed by atoms with Crippen LogP contribution in [0.3, 0.4) is 0 Å². The quantitative estimate of drug-likeness (QED) is 0.754. The van der Waals surface area contributed by atoms with Crippen LogP contribution in [0.1, 0.15) is 52.7 Å². The predicted molar refractivity (Wildman–Crippen MR) is 100 cm³/mol. The van der Waals surface area contributed by atoms with Crippen LogP contribution in [0.5, 0.6) is 0 Å². The predicted octanol–water partition coefficient (Wildman–Crippen LogP) is 4.87. The van der Waals surface area contributed by atoms with E-state index in [4.69, 9.17) is 4.74 Å². The zero-order valence-corrected chi connectivity index (χ0v) is 15.8. The highest BCUT2D eigenvalue weighted by Gasteiger charge is 2.23. The van der Waals surface area contributed by atoms with Crippen molar-refractivity contribution >= 4 is 28.9 Å². The highest BCUT2D eigenvalue weighted by molar-refractivity contribution is 7.14. The Balaban J connectivity index is 1.65. The van der Waals surface area contributed by atoms with Crippen molar-refractivity contribution in [1.29, 1.82) is 0 Å². The standard InChI is InChI=1S/C20H21F2NO3S/c1-12(19(24)23-18-14(21)8-6-9-15(18)22)26-20(25)17-11-13-7-4-2-3-5-10-16(13)27-17/h6,8-9,11-12H,2-5,7,10H2,1H3,(H,23,24). The number of benzene rings is 1. The van der Waals surface area contributed by atoms with Crippen LogP contribution in [0.4, 0.5) is 14.5 Å². The first-order valence-corrected chi connectivity index (χ1v) is 9.85. The average Bonchev–Trinajstić information content (AvgIpc) is 3.00. The van der Waals surface area contributed by atoms with Gasteiger partial charge in [0.2, 0.25) is 0 Å². The molecule has 0 fully saturated rings. The first-order chi connectivity index (χ1) is 13.0. The zero-order valence-electron chi connectivity index (χ0n) is 15.0. The molecule has 1 aliphatic rings. The normalized spacial score (nSPS) is 15.2. The minimum absolute atomic E-state index is 0.457. The lowest BCUT2D eigenvalue weighted by molar-refractivity contribution is -0.123. The Morgan fingerprint density at radius 2 is 1.78 bits per heavy atom. The number of hydrogen-bond acceptors (Lipinski definition) is 4. The number of nitrogens with one attached hydrogen (secondary N) is 1. The molecule has 0 saturated carbocycles. The zero-order chi connectivity index (χ0) is 19.4. The average molecular weight is 393 g/mol. The molecule has 1 heterocycles. The largest absolute Gasteiger partial charge is 0.448 e. The lowest BCUT2D eigenvalue weighted by Gasteiger charge is -2.13. The molecule has 27 heavy (non-hydrogen) atoms. The van der Waals surface area contributed by atoms with Crippen molar-refractivity contribution in [1.82, 2.24) is 0 Å². The van der Waals surface area contributed by atoms with Gasteiger partial charge in [-0.25, -0.2) is 13.6 Å². The summed E-state index contributed by atoms with van der Waals surface area (Å²) in [5.41, 5.74) is 0.627. The molecule has 1 unspecified atom stereocenters. The minimum Gasteiger partial charge on any atom is -0.448 e. The number of aryl methyl sites for hydroxylation is 2. The van der Waals surface area contributed by atoms with Gasteiger partial charge in [0.05, 0.1) is 0 Å². The van der Waals surface area contributed by atoms with Crippen molar-refractivity contribution in [3.63, 3.8) is 0 Å². The number of carbonyl (C=O) groups is 2. The van der Waals surface area contributed by atoms with Gasteiger partial charge < -0.3 is 10.1 Å². The molecule has 0 spiro atoms. The third-order valence-corrected chi connectivity index (χ3v) is 5.78. The molecule has 1 aromatic heterocycles. The molecule has 1 aliphatic carbocycles. The van der Waals surface area contributed by atoms with E-state index in [0.29, 0.717) is 4.88 Å². The SMILES string of the molecule is CC(OC(=O)c1cc2c(s1)CCCCCC2)C(=O)Nc1c(F)cccc1F. The van der Waals surface area contributed by atoms with Crippen molar-refractivity contribution in [2.24, 2.45) is 0 Å². The summed E-state index contributed by atoms with van der Waals surface area (Å²) in [5.74, 6) is -3.16. The summed E-state index contributed by atoms with van der Waals surface area (Å²) in [5, 5.41) is 2.14. The second-order valence-electron chi connectivity index (χ2n) is 6.61. The molecule has 3 rings (SSSR count). The van der Waals surface area contributed by atoms with Gasteiger partial charge in [0, 0.05) is 4.88 Å². The van der Waals surface area contributed by atoms with Crippen LogP contribution in [-0.4, -0.2) is 18.0 Å². The summed E-state index contributed by atoms with van der Waals surface area (Å²) < 4.78 is 32.5. The third-order valence-electron chi connectivity index (χ3n) is 4.56. The van der Waals surface area contributed by atoms with E-state index in [0.717, 1.165) is 37.8 Å². The monoisotopic (exact) mass is 393 g/mol. The smallest absolute Gasteiger partial charge is 0.349 e. The highest BCUT2D eigenvalue weighted by Crippen LogP contribution is 2.29. The first kappa shape index (κ1) is 19.5. The van der Waals surface area contributed by atoms with Crippen molar-refractivity contribution in [2.45, 2.75) is 51.6 Å². The van der Waals surface area contributed by atoms with E-state index in [-0.39, 0.29) is 0 Å². The lowest BCUT2D eigenvalue weighted by Crippen LogP contribution is -2.30. The lowest BCUT2D eigenvalue weighted by atomic mass is 10.00. The van der Waals surface area contributed by atoms with Crippen LogP contribution < -0.4 is 5.32 Å². The fourth-order valence-electron chi connectivity index (χ4n) is 3.06. The van der Waals surface area contributed by atoms with Gasteiger partial charge in [0.1, 0.15) is 22.2 Å². The Labute approximate surface area is 160 Å². The topological polar surface area (TPSA) is 55.4 Å². The second-order valence-corrected chi connectivity index (χ2v) is 7.74. The number of thiophene rings is 1. The van der Waals surface area contributed by atoms with E-state index < -0.39 is 35.3 Å². The molecule has 2 aromatic rings. The van der Waals surface area contributed by atoms with Crippen LogP contribution in [0.25, 0.3) is 0 Å². The molecule has 0 bridgehead atoms. The summed E-state index contributed by atoms with van der Waals surface area (Å²) in [6.07, 6.45) is 5.32. The number of amides is 1. The molecule has 1 aromatic carbocycles. The van der Waals surface area contributed by atoms with Gasteiger partial charge in [-0.15, -0.1) is 11.3 Å². The molecule has 0 aliphatic heterocycles. The van der Waals surface area contributed by atoms with E-state index in [1.165, 1.54) is 47.6 Å². The van der Waals surface area contributed by atoms with Crippen molar-refractivity contribution < 1.29 is 23.1 Å². The van der Waals surface area contributed by atoms with Gasteiger partial charge in [0.25, 0.3) is 5.91 Å². The summed E-state index contributed by atoms with van der Waals surface area (Å²) in [6, 6.07) is 5.12. The molecule has 1 amide bonds. The number of hydrogen-bond donors (Lipinski definition) is 1. The van der Waals surface area contributed by atoms with Crippen molar-refractivity contribution in [3.05, 3.63) is 51.2 Å². The highest BCUT2D eigenvalue weighted by atomic mass is 32.1. The van der Waals surface area contributed by atoms with Crippen LogP contribution in [0.2, 0.25) is 0 Å². The maximum absolute atomic E-state index is 13.6. The summed E-state index contributed by atoms with van der Waals surface area (Å²) in [7, 11) is 0. The first-order valence-electron chi connectivity index (χ1n) is 9.03. The van der Waals surface area contributed by atoms with Crippen molar-refractivity contribution in [2.75, 3.05) is 5.32 Å². The Bertz CT molecular complexity index is 804. The van der Waals surface area contributed by atoms with E-state index >= 15 is 0 Å². The Morgan fingerprint density at radius 1 is 1.11 bits per heavy atom. The maximum atomic E-state index is 13.6. The number of para-hydroxylation sites is 1. The van der Waals surface area contributed by atoms with Crippen LogP contribution in [-0.2, 0) is 22.4 Å². The van der Waals surface area contributed by atoms with E-state index in [9.17, 15) is 18.4 Å². The molecular weight excluding hydrogens is 372 g/mol. The summed E-state index contributed by atoms with van der Waals surface area (Å²) >= 11 is 1.40. The Hall–Kier alpha value is -2.28. The van der Waals surface area contributed by atoms with Crippen LogP contribution in [0, 0.1) is 11.6 Å². The maximum Gasteiger partial charge on any atom is 0.349 e. The fraction of sp³-hybridized carbons (Fsp3) is 0.400. The van der Waals surface area contributed by atoms with Gasteiger partial charge in [-0.3, -0.25) is 4.79 Å². The van der Waals surface area contributed by atoms with Gasteiger partial charge in [-0.1, -0.05) is 18.9 Å². The molecule has 1 N–H and O–H groups in total. The summed E-state index contributed by atoms with van der Waals surface area (Å²) in [4.78, 5) is 26.2. The number of esters is 1. The fourth-order valence-corrected chi connectivity index (χ4v) is 4.20. The van der Waals surface area contributed by atoms with Crippen molar-refractivity contribution in [3.8, 4) is 0 Å². The number of ether oxygens (including phenoxy) is 1. The molecule has 0 saturated heterocycles. The number of halogens is 2. The van der Waals surface area contributed by atoms with E-state index in [1.807, 2.05) is 6.07 Å². The van der Waals surface area contributed by atoms with Gasteiger partial charge in [-0.2, -0.15) is 0 Å².